The number of carbonyl (C=O) groups is 1. The van der Waals surface area contributed by atoms with Crippen molar-refractivity contribution >= 4 is 5.97 Å². The first-order valence-electron chi connectivity index (χ1n) is 4.77. The second-order valence-electron chi connectivity index (χ2n) is 3.53. The molecule has 2 N–H and O–H groups in total. The zero-order valence-corrected chi connectivity index (χ0v) is 8.52. The van der Waals surface area contributed by atoms with Crippen molar-refractivity contribution in [2.24, 2.45) is 0 Å². The minimum Gasteiger partial charge on any atom is -0.465 e. The van der Waals surface area contributed by atoms with Gasteiger partial charge < -0.3 is 10.1 Å². The number of hydrogen-bond acceptors (Lipinski definition) is 4. The highest BCUT2D eigenvalue weighted by Crippen LogP contribution is 2.14. The third-order valence-corrected chi connectivity index (χ3v) is 2.63. The minimum atomic E-state index is -0.575. The van der Waals surface area contributed by atoms with Crippen LogP contribution in [0.25, 0.3) is 0 Å². The molecule has 0 bridgehead atoms. The van der Waals surface area contributed by atoms with E-state index in [4.69, 9.17) is 4.74 Å². The molecule has 2 unspecified atom stereocenters. The van der Waals surface area contributed by atoms with E-state index >= 15 is 0 Å². The maximum absolute atomic E-state index is 11.6. The second-order valence-corrected chi connectivity index (χ2v) is 3.53. The average molecular weight is 186 g/mol. The van der Waals surface area contributed by atoms with Gasteiger partial charge in [-0.05, 0) is 20.8 Å². The van der Waals surface area contributed by atoms with Gasteiger partial charge in [0.05, 0.1) is 6.61 Å². The quantitative estimate of drug-likeness (QED) is 0.591. The zero-order valence-electron chi connectivity index (χ0n) is 8.52. The number of nitrogens with one attached hydrogen (secondary N) is 2. The highest BCUT2D eigenvalue weighted by atomic mass is 16.5. The van der Waals surface area contributed by atoms with Gasteiger partial charge in [0.2, 0.25) is 0 Å². The normalized spacial score (nSPS) is 34.2. The smallest absolute Gasteiger partial charge is 0.327 e. The highest BCUT2D eigenvalue weighted by Gasteiger charge is 2.41. The van der Waals surface area contributed by atoms with Crippen LogP contribution >= 0.6 is 0 Å². The number of piperazine rings is 1. The first-order chi connectivity index (χ1) is 6.11. The molecule has 0 spiro atoms. The van der Waals surface area contributed by atoms with Crippen LogP contribution < -0.4 is 10.6 Å². The fourth-order valence-corrected chi connectivity index (χ4v) is 1.50. The molecular formula is C9H18N2O2. The topological polar surface area (TPSA) is 50.4 Å². The molecule has 1 aliphatic heterocycles. The van der Waals surface area contributed by atoms with E-state index in [1.165, 1.54) is 0 Å². The maximum Gasteiger partial charge on any atom is 0.327 e. The summed E-state index contributed by atoms with van der Waals surface area (Å²) in [6.07, 6.45) is 0. The second kappa shape index (κ2) is 4.07. The summed E-state index contributed by atoms with van der Waals surface area (Å²) < 4.78 is 5.01. The van der Waals surface area contributed by atoms with Gasteiger partial charge in [-0.25, -0.2) is 4.79 Å². The predicted octanol–water partition coefficient (Wildman–Crippen LogP) is -0.110. The third kappa shape index (κ3) is 2.00. The van der Waals surface area contributed by atoms with Gasteiger partial charge in [0, 0.05) is 19.1 Å². The van der Waals surface area contributed by atoms with Crippen LogP contribution in [0.3, 0.4) is 0 Å². The maximum atomic E-state index is 11.6. The van der Waals surface area contributed by atoms with Gasteiger partial charge in [-0.3, -0.25) is 5.32 Å². The van der Waals surface area contributed by atoms with Crippen LogP contribution in [0.1, 0.15) is 20.8 Å². The molecule has 1 aliphatic rings. The molecule has 2 atom stereocenters. The lowest BCUT2D eigenvalue weighted by molar-refractivity contribution is -0.152. The standard InChI is InChI=1S/C9H18N2O2/c1-4-13-8(12)9(3)7(2)10-5-6-11-9/h7,10-11H,4-6H2,1-3H3. The number of ether oxygens (including phenoxy) is 1. The Balaban J connectivity index is 2.65. The number of esters is 1. The molecule has 76 valence electrons. The van der Waals surface area contributed by atoms with Gasteiger partial charge in [-0.1, -0.05) is 0 Å². The van der Waals surface area contributed by atoms with E-state index in [-0.39, 0.29) is 12.0 Å². The average Bonchev–Trinajstić information content (AvgIpc) is 2.11. The fraction of sp³-hybridized carbons (Fsp3) is 0.889. The van der Waals surface area contributed by atoms with Crippen LogP contribution in [0.5, 0.6) is 0 Å². The first kappa shape index (κ1) is 10.5. The van der Waals surface area contributed by atoms with E-state index < -0.39 is 5.54 Å². The molecule has 0 aliphatic carbocycles. The molecule has 0 aromatic heterocycles. The van der Waals surface area contributed by atoms with Crippen molar-refractivity contribution in [3.8, 4) is 0 Å². The molecule has 1 heterocycles. The molecule has 1 saturated heterocycles. The Morgan fingerprint density at radius 2 is 2.31 bits per heavy atom. The van der Waals surface area contributed by atoms with Crippen molar-refractivity contribution in [3.63, 3.8) is 0 Å². The molecule has 1 rings (SSSR count). The number of carbonyl (C=O) groups excluding carboxylic acids is 1. The van der Waals surface area contributed by atoms with Crippen LogP contribution in [0.15, 0.2) is 0 Å². The summed E-state index contributed by atoms with van der Waals surface area (Å²) >= 11 is 0. The molecular weight excluding hydrogens is 168 g/mol. The van der Waals surface area contributed by atoms with Crippen LogP contribution in [0.4, 0.5) is 0 Å². The van der Waals surface area contributed by atoms with Gasteiger partial charge >= 0.3 is 5.97 Å². The van der Waals surface area contributed by atoms with E-state index in [1.54, 1.807) is 0 Å². The monoisotopic (exact) mass is 186 g/mol. The Morgan fingerprint density at radius 1 is 1.62 bits per heavy atom. The largest absolute Gasteiger partial charge is 0.465 e. The molecule has 13 heavy (non-hydrogen) atoms. The molecule has 0 saturated carbocycles. The van der Waals surface area contributed by atoms with E-state index in [2.05, 4.69) is 10.6 Å². The van der Waals surface area contributed by atoms with Crippen LogP contribution in [-0.2, 0) is 9.53 Å². The lowest BCUT2D eigenvalue weighted by atomic mass is 9.91. The van der Waals surface area contributed by atoms with Gasteiger partial charge in [0.15, 0.2) is 0 Å². The van der Waals surface area contributed by atoms with Crippen LogP contribution in [-0.4, -0.2) is 37.2 Å². The fourth-order valence-electron chi connectivity index (χ4n) is 1.50. The first-order valence-corrected chi connectivity index (χ1v) is 4.77. The van der Waals surface area contributed by atoms with E-state index in [9.17, 15) is 4.79 Å². The molecule has 1 fully saturated rings. The Bertz CT molecular complexity index is 196. The zero-order chi connectivity index (χ0) is 9.90. The van der Waals surface area contributed by atoms with Crippen LogP contribution in [0, 0.1) is 0 Å². The summed E-state index contributed by atoms with van der Waals surface area (Å²) in [5, 5.41) is 6.44. The summed E-state index contributed by atoms with van der Waals surface area (Å²) in [4.78, 5) is 11.6. The molecule has 0 aromatic carbocycles. The minimum absolute atomic E-state index is 0.111. The summed E-state index contributed by atoms with van der Waals surface area (Å²) in [5.41, 5.74) is -0.575. The van der Waals surface area contributed by atoms with E-state index in [1.807, 2.05) is 20.8 Å². The Kier molecular flexibility index (Phi) is 3.27. The highest BCUT2D eigenvalue weighted by molar-refractivity contribution is 5.81. The van der Waals surface area contributed by atoms with Crippen LogP contribution in [0.2, 0.25) is 0 Å². The van der Waals surface area contributed by atoms with Crippen molar-refractivity contribution in [2.75, 3.05) is 19.7 Å². The molecule has 0 amide bonds. The van der Waals surface area contributed by atoms with Gasteiger partial charge in [0.25, 0.3) is 0 Å². The number of hydrogen-bond donors (Lipinski definition) is 2. The number of rotatable bonds is 2. The summed E-state index contributed by atoms with van der Waals surface area (Å²) in [6.45, 7) is 7.83. The van der Waals surface area contributed by atoms with E-state index in [0.29, 0.717) is 6.61 Å². The Labute approximate surface area is 79.0 Å². The molecule has 4 heteroatoms. The lowest BCUT2D eigenvalue weighted by Gasteiger charge is -2.38. The summed E-state index contributed by atoms with van der Waals surface area (Å²) in [5.74, 6) is -0.172. The van der Waals surface area contributed by atoms with E-state index in [0.717, 1.165) is 13.1 Å². The van der Waals surface area contributed by atoms with Crippen molar-refractivity contribution in [3.05, 3.63) is 0 Å². The molecule has 4 nitrogen and oxygen atoms in total. The van der Waals surface area contributed by atoms with Gasteiger partial charge in [-0.2, -0.15) is 0 Å². The van der Waals surface area contributed by atoms with Crippen molar-refractivity contribution in [2.45, 2.75) is 32.4 Å². The van der Waals surface area contributed by atoms with Crippen molar-refractivity contribution in [1.29, 1.82) is 0 Å². The molecule has 0 aromatic rings. The lowest BCUT2D eigenvalue weighted by Crippen LogP contribution is -2.67. The molecule has 0 radical (unpaired) electrons. The van der Waals surface area contributed by atoms with Crippen molar-refractivity contribution in [1.82, 2.24) is 10.6 Å². The Morgan fingerprint density at radius 3 is 2.85 bits per heavy atom. The third-order valence-electron chi connectivity index (χ3n) is 2.63. The SMILES string of the molecule is CCOC(=O)C1(C)NCCNC1C. The van der Waals surface area contributed by atoms with Crippen molar-refractivity contribution < 1.29 is 9.53 Å². The summed E-state index contributed by atoms with van der Waals surface area (Å²) in [7, 11) is 0. The summed E-state index contributed by atoms with van der Waals surface area (Å²) in [6, 6.07) is 0.111. The predicted molar refractivity (Wildman–Crippen MR) is 50.5 cm³/mol. The Hall–Kier alpha value is -0.610. The van der Waals surface area contributed by atoms with Gasteiger partial charge in [-0.15, -0.1) is 0 Å². The van der Waals surface area contributed by atoms with Gasteiger partial charge in [0.1, 0.15) is 5.54 Å².